The predicted octanol–water partition coefficient (Wildman–Crippen LogP) is 1.16. The van der Waals surface area contributed by atoms with Gasteiger partial charge in [0, 0.05) is 0 Å². The smallest absolute Gasteiger partial charge is 0.245 e. The Morgan fingerprint density at radius 1 is 1.47 bits per heavy atom. The number of hydrogen-bond donors (Lipinski definition) is 2. The fraction of sp³-hybridized carbons (Fsp3) is 0.400. The molecule has 0 aliphatic carbocycles. The van der Waals surface area contributed by atoms with Crippen molar-refractivity contribution in [1.29, 1.82) is 0 Å². The maximum atomic E-state index is 12.7. The molecular formula is C10H14FN3O. The Balaban J connectivity index is 2.75. The van der Waals surface area contributed by atoms with Gasteiger partial charge in [0.25, 0.3) is 0 Å². The van der Waals surface area contributed by atoms with Crippen LogP contribution in [0, 0.1) is 5.95 Å². The van der Waals surface area contributed by atoms with Crippen molar-refractivity contribution in [2.75, 3.05) is 12.4 Å². The Bertz CT molecular complexity index is 365. The molecule has 5 heteroatoms. The molecule has 82 valence electrons. The lowest BCUT2D eigenvalue weighted by Crippen LogP contribution is -2.48. The van der Waals surface area contributed by atoms with E-state index in [9.17, 15) is 9.18 Å². The fourth-order valence-electron chi connectivity index (χ4n) is 0.864. The standard InChI is InChI=1S/C10H14FN3O/c1-10(2,12-3)9(15)14-8-6-4-5-7(11)13-8/h4-6,12H,1-3H3,(H,13,14,15). The van der Waals surface area contributed by atoms with E-state index in [0.29, 0.717) is 0 Å². The molecule has 15 heavy (non-hydrogen) atoms. The molecule has 0 saturated heterocycles. The Hall–Kier alpha value is -1.49. The number of nitrogens with one attached hydrogen (secondary N) is 2. The number of rotatable bonds is 3. The molecule has 1 aromatic heterocycles. The zero-order valence-corrected chi connectivity index (χ0v) is 8.97. The molecule has 0 aromatic carbocycles. The van der Waals surface area contributed by atoms with Crippen LogP contribution in [0.3, 0.4) is 0 Å². The molecule has 0 bridgehead atoms. The second-order valence-electron chi connectivity index (χ2n) is 3.67. The minimum Gasteiger partial charge on any atom is -0.309 e. The summed E-state index contributed by atoms with van der Waals surface area (Å²) in [6.45, 7) is 3.45. The number of amides is 1. The third-order valence-corrected chi connectivity index (χ3v) is 2.15. The number of nitrogens with zero attached hydrogens (tertiary/aromatic N) is 1. The van der Waals surface area contributed by atoms with Gasteiger partial charge in [0.15, 0.2) is 0 Å². The zero-order valence-electron chi connectivity index (χ0n) is 8.97. The van der Waals surface area contributed by atoms with E-state index in [0.717, 1.165) is 0 Å². The van der Waals surface area contributed by atoms with Crippen LogP contribution in [0.15, 0.2) is 18.2 Å². The van der Waals surface area contributed by atoms with Gasteiger partial charge in [-0.05, 0) is 33.0 Å². The predicted molar refractivity (Wildman–Crippen MR) is 56.0 cm³/mol. The van der Waals surface area contributed by atoms with Crippen molar-refractivity contribution in [3.8, 4) is 0 Å². The Kier molecular flexibility index (Phi) is 3.36. The number of pyridine rings is 1. The fourth-order valence-corrected chi connectivity index (χ4v) is 0.864. The lowest BCUT2D eigenvalue weighted by atomic mass is 10.1. The van der Waals surface area contributed by atoms with E-state index < -0.39 is 11.5 Å². The van der Waals surface area contributed by atoms with E-state index in [4.69, 9.17) is 0 Å². The number of aromatic nitrogens is 1. The van der Waals surface area contributed by atoms with Gasteiger partial charge in [0.05, 0.1) is 5.54 Å². The van der Waals surface area contributed by atoms with Crippen molar-refractivity contribution in [3.63, 3.8) is 0 Å². The van der Waals surface area contributed by atoms with Crippen LogP contribution >= 0.6 is 0 Å². The highest BCUT2D eigenvalue weighted by Gasteiger charge is 2.25. The largest absolute Gasteiger partial charge is 0.309 e. The average molecular weight is 211 g/mol. The lowest BCUT2D eigenvalue weighted by molar-refractivity contribution is -0.121. The SMILES string of the molecule is CNC(C)(C)C(=O)Nc1cccc(F)n1. The first-order valence-electron chi connectivity index (χ1n) is 4.58. The van der Waals surface area contributed by atoms with Crippen LogP contribution in [0.25, 0.3) is 0 Å². The van der Waals surface area contributed by atoms with E-state index >= 15 is 0 Å². The summed E-state index contributed by atoms with van der Waals surface area (Å²) < 4.78 is 12.7. The maximum absolute atomic E-state index is 12.7. The quantitative estimate of drug-likeness (QED) is 0.737. The molecule has 1 heterocycles. The number of hydrogen-bond acceptors (Lipinski definition) is 3. The maximum Gasteiger partial charge on any atom is 0.245 e. The molecule has 0 saturated carbocycles. The Labute approximate surface area is 87.9 Å². The first-order chi connectivity index (χ1) is 6.95. The first-order valence-corrected chi connectivity index (χ1v) is 4.58. The summed E-state index contributed by atoms with van der Waals surface area (Å²) in [5, 5.41) is 5.36. The molecule has 1 aromatic rings. The molecular weight excluding hydrogens is 197 g/mol. The number of carbonyl (C=O) groups is 1. The van der Waals surface area contributed by atoms with E-state index in [1.165, 1.54) is 18.2 Å². The molecule has 0 unspecified atom stereocenters. The second kappa shape index (κ2) is 4.35. The number of halogens is 1. The number of carbonyl (C=O) groups excluding carboxylic acids is 1. The van der Waals surface area contributed by atoms with Crippen LogP contribution in [-0.2, 0) is 4.79 Å². The van der Waals surface area contributed by atoms with Crippen LogP contribution in [0.4, 0.5) is 10.2 Å². The highest BCUT2D eigenvalue weighted by molar-refractivity contribution is 5.96. The summed E-state index contributed by atoms with van der Waals surface area (Å²) in [6.07, 6.45) is 0. The van der Waals surface area contributed by atoms with Crippen molar-refractivity contribution >= 4 is 11.7 Å². The van der Waals surface area contributed by atoms with Crippen LogP contribution in [0.1, 0.15) is 13.8 Å². The van der Waals surface area contributed by atoms with Crippen molar-refractivity contribution < 1.29 is 9.18 Å². The normalized spacial score (nSPS) is 11.2. The first kappa shape index (κ1) is 11.6. The second-order valence-corrected chi connectivity index (χ2v) is 3.67. The average Bonchev–Trinajstić information content (AvgIpc) is 2.17. The van der Waals surface area contributed by atoms with E-state index in [1.54, 1.807) is 20.9 Å². The van der Waals surface area contributed by atoms with Crippen LogP contribution in [0.2, 0.25) is 0 Å². The van der Waals surface area contributed by atoms with Gasteiger partial charge in [-0.2, -0.15) is 4.39 Å². The third kappa shape index (κ3) is 2.99. The summed E-state index contributed by atoms with van der Waals surface area (Å²) >= 11 is 0. The van der Waals surface area contributed by atoms with Gasteiger partial charge in [-0.15, -0.1) is 0 Å². The van der Waals surface area contributed by atoms with Gasteiger partial charge >= 0.3 is 0 Å². The molecule has 0 atom stereocenters. The third-order valence-electron chi connectivity index (χ3n) is 2.15. The molecule has 0 radical (unpaired) electrons. The zero-order chi connectivity index (χ0) is 11.5. The Morgan fingerprint density at radius 3 is 2.67 bits per heavy atom. The Morgan fingerprint density at radius 2 is 2.13 bits per heavy atom. The monoisotopic (exact) mass is 211 g/mol. The summed E-state index contributed by atoms with van der Waals surface area (Å²) in [7, 11) is 1.68. The van der Waals surface area contributed by atoms with Gasteiger partial charge in [-0.3, -0.25) is 4.79 Å². The molecule has 1 amide bonds. The summed E-state index contributed by atoms with van der Waals surface area (Å²) in [4.78, 5) is 15.2. The van der Waals surface area contributed by atoms with Crippen LogP contribution < -0.4 is 10.6 Å². The van der Waals surface area contributed by atoms with Gasteiger partial charge in [0.1, 0.15) is 5.82 Å². The molecule has 0 spiro atoms. The molecule has 0 aliphatic rings. The number of likely N-dealkylation sites (N-methyl/N-ethyl adjacent to an activating group) is 1. The highest BCUT2D eigenvalue weighted by atomic mass is 19.1. The van der Waals surface area contributed by atoms with E-state index in [2.05, 4.69) is 15.6 Å². The van der Waals surface area contributed by atoms with Crippen molar-refractivity contribution in [2.24, 2.45) is 0 Å². The molecule has 0 fully saturated rings. The van der Waals surface area contributed by atoms with Crippen LogP contribution in [0.5, 0.6) is 0 Å². The summed E-state index contributed by atoms with van der Waals surface area (Å²) in [6, 6.07) is 4.25. The lowest BCUT2D eigenvalue weighted by Gasteiger charge is -2.22. The molecule has 2 N–H and O–H groups in total. The van der Waals surface area contributed by atoms with Crippen LogP contribution in [-0.4, -0.2) is 23.5 Å². The number of anilines is 1. The van der Waals surface area contributed by atoms with Gasteiger partial charge < -0.3 is 10.6 Å². The van der Waals surface area contributed by atoms with E-state index in [-0.39, 0.29) is 11.7 Å². The topological polar surface area (TPSA) is 54.0 Å². The van der Waals surface area contributed by atoms with Crippen molar-refractivity contribution in [3.05, 3.63) is 24.1 Å². The minimum atomic E-state index is -0.714. The summed E-state index contributed by atoms with van der Waals surface area (Å²) in [5.74, 6) is -0.665. The van der Waals surface area contributed by atoms with Crippen molar-refractivity contribution in [2.45, 2.75) is 19.4 Å². The molecule has 1 rings (SSSR count). The van der Waals surface area contributed by atoms with Gasteiger partial charge in [-0.1, -0.05) is 6.07 Å². The van der Waals surface area contributed by atoms with Gasteiger partial charge in [0.2, 0.25) is 11.9 Å². The van der Waals surface area contributed by atoms with E-state index in [1.807, 2.05) is 0 Å². The van der Waals surface area contributed by atoms with Crippen molar-refractivity contribution in [1.82, 2.24) is 10.3 Å². The molecule has 4 nitrogen and oxygen atoms in total. The molecule has 0 aliphatic heterocycles. The summed E-state index contributed by atoms with van der Waals surface area (Å²) in [5.41, 5.74) is -0.714. The van der Waals surface area contributed by atoms with Gasteiger partial charge in [-0.25, -0.2) is 4.98 Å². The highest BCUT2D eigenvalue weighted by Crippen LogP contribution is 2.08. The minimum absolute atomic E-state index is 0.211.